The van der Waals surface area contributed by atoms with Gasteiger partial charge in [-0.05, 0) is 283 Å². The highest BCUT2D eigenvalue weighted by atomic mass is 32.1. The summed E-state index contributed by atoms with van der Waals surface area (Å²) in [5.41, 5.74) is 25.2. The normalized spacial score (nSPS) is 12.4. The number of rotatable bonds is 13. The minimum atomic E-state index is -0.179. The molecule has 1 aliphatic carbocycles. The van der Waals surface area contributed by atoms with E-state index in [4.69, 9.17) is 29.9 Å². The van der Waals surface area contributed by atoms with Gasteiger partial charge in [0.2, 0.25) is 0 Å². The van der Waals surface area contributed by atoms with Crippen molar-refractivity contribution in [1.29, 1.82) is 0 Å². The fourth-order valence-corrected chi connectivity index (χ4v) is 22.0. The van der Waals surface area contributed by atoms with E-state index in [2.05, 4.69) is 412 Å². The Labute approximate surface area is 765 Å². The van der Waals surface area contributed by atoms with Crippen LogP contribution in [-0.2, 0) is 5.41 Å². The van der Waals surface area contributed by atoms with Crippen LogP contribution in [0.25, 0.3) is 264 Å². The van der Waals surface area contributed by atoms with Crippen molar-refractivity contribution in [3.05, 3.63) is 436 Å². The van der Waals surface area contributed by atoms with Gasteiger partial charge in [-0.2, -0.15) is 0 Å². The second-order valence-electron chi connectivity index (χ2n) is 35.3. The van der Waals surface area contributed by atoms with Gasteiger partial charge in [-0.1, -0.05) is 317 Å². The zero-order valence-electron chi connectivity index (χ0n) is 71.9. The summed E-state index contributed by atoms with van der Waals surface area (Å²) in [6, 6.07) is 146. The predicted molar refractivity (Wildman–Crippen MR) is 550 cm³/mol. The monoisotopic (exact) mass is 1700 g/mol. The molecule has 25 aromatic rings. The van der Waals surface area contributed by atoms with E-state index in [1.54, 1.807) is 11.3 Å². The molecule has 5 heterocycles. The molecule has 0 aliphatic heterocycles. The topological polar surface area (TPSA) is 103 Å². The Morgan fingerprint density at radius 3 is 0.992 bits per heavy atom. The van der Waals surface area contributed by atoms with Crippen molar-refractivity contribution < 1.29 is 0 Å². The third-order valence-electron chi connectivity index (χ3n) is 27.3. The molecule has 0 N–H and O–H groups in total. The van der Waals surface area contributed by atoms with E-state index in [0.717, 1.165) is 164 Å². The number of fused-ring (bicyclic) bond motifs is 18. The Kier molecular flexibility index (Phi) is 17.7. The van der Waals surface area contributed by atoms with Crippen LogP contribution in [0.15, 0.2) is 425 Å². The third-order valence-corrected chi connectivity index (χ3v) is 28.5. The first-order valence-corrected chi connectivity index (χ1v) is 45.7. The zero-order valence-corrected chi connectivity index (χ0v) is 72.7. The molecule has 9 heteroatoms. The molecule has 20 aromatic carbocycles. The summed E-state index contributed by atoms with van der Waals surface area (Å²) in [6.07, 6.45) is 7.42. The molecule has 26 rings (SSSR count). The number of pyridine rings is 2. The molecule has 8 nitrogen and oxygen atoms in total. The van der Waals surface area contributed by atoms with Gasteiger partial charge in [0.25, 0.3) is 0 Å². The second-order valence-corrected chi connectivity index (χ2v) is 36.3. The van der Waals surface area contributed by atoms with Gasteiger partial charge in [-0.3, -0.25) is 9.97 Å². The Bertz CT molecular complexity index is 8980. The van der Waals surface area contributed by atoms with E-state index in [1.165, 1.54) is 76.1 Å². The summed E-state index contributed by atoms with van der Waals surface area (Å²) in [7, 11) is 0. The lowest BCUT2D eigenvalue weighted by Crippen LogP contribution is -2.14. The lowest BCUT2D eigenvalue weighted by atomic mass is 9.82. The Morgan fingerprint density at radius 1 is 0.182 bits per heavy atom. The third kappa shape index (κ3) is 12.9. The number of nitrogens with zero attached hydrogens (tertiary/aromatic N) is 8. The van der Waals surface area contributed by atoms with Gasteiger partial charge < -0.3 is 0 Å². The molecule has 5 aromatic heterocycles. The molecular formula is C123H76N8S. The Morgan fingerprint density at radius 2 is 0.523 bits per heavy atom. The SMILES string of the molecule is CC1(C)c2ccccc2-c2cc(-c3nc(-c4ccc(-c5cccnc5)cc4)nc(-c4cc(-c5cc6ccccc6c6ccccc56)cc(-c5cc6ccccc6c6cc(-c7ccc8c(c7)sc7c(-c9nc(-c%10ccc(-c%11cccnc%11)cc%10)nc(-c%10cc(-c%11cc%12ccccc%12c%12ccccc%11%12)cc(-c%11cc%12ccccc%12c%12ccccc%11%12)c%10)n9)cccc78)ccc56)c4)n3)ccc21. The molecule has 132 heavy (non-hydrogen) atoms. The van der Waals surface area contributed by atoms with Crippen LogP contribution in [0.3, 0.4) is 0 Å². The number of hydrogen-bond donors (Lipinski definition) is 0. The van der Waals surface area contributed by atoms with Gasteiger partial charge in [0.1, 0.15) is 0 Å². The standard InChI is InChI=1S/C123H76N8S/c1-123(2)113-41-18-17-38-103(113)112-69-83(52-55-114(112)123)119-126-117(75-46-42-73(43-47-75)84-26-20-56-124-71-84)127-120(129-119)90-60-88(109-67-81-24-5-9-30-94(81)98-34-13-16-37-101(98)109)59-89(63-90)110-68-82-25-6-10-31-95(82)111-64-77(50-53-102(110)111)78-51-54-104-105-39-19-40-106(116(105)132-115(104)70-78)122-130-118(76-48-44-74(45-49-76)85-27-21-57-125-72-85)128-121(131-122)91-61-86(107-65-79-22-3-7-28-92(79)96-32-11-14-35-99(96)107)58-87(62-91)108-66-80-23-4-8-29-93(80)97-33-12-15-36-100(97)108/h3-72H,1-2H3. The molecule has 0 spiro atoms. The van der Waals surface area contributed by atoms with Crippen molar-refractivity contribution in [3.63, 3.8) is 0 Å². The second kappa shape index (κ2) is 30.6. The summed E-state index contributed by atoms with van der Waals surface area (Å²) in [5.74, 6) is 3.45. The number of thiophene rings is 1. The summed E-state index contributed by atoms with van der Waals surface area (Å²) in [6.45, 7) is 4.64. The lowest BCUT2D eigenvalue weighted by molar-refractivity contribution is 0.660. The van der Waals surface area contributed by atoms with E-state index in [1.807, 2.05) is 36.9 Å². The predicted octanol–water partition coefficient (Wildman–Crippen LogP) is 32.4. The first kappa shape index (κ1) is 76.3. The molecule has 0 bridgehead atoms. The van der Waals surface area contributed by atoms with Gasteiger partial charge in [-0.25, -0.2) is 29.9 Å². The van der Waals surface area contributed by atoms with Crippen molar-refractivity contribution in [2.45, 2.75) is 19.3 Å². The van der Waals surface area contributed by atoms with Crippen LogP contribution < -0.4 is 0 Å². The molecule has 0 unspecified atom stereocenters. The quantitative estimate of drug-likeness (QED) is 0.105. The van der Waals surface area contributed by atoms with E-state index in [-0.39, 0.29) is 5.41 Å². The average molecular weight is 1700 g/mol. The maximum atomic E-state index is 5.71. The Balaban J connectivity index is 0.633. The number of hydrogen-bond acceptors (Lipinski definition) is 9. The summed E-state index contributed by atoms with van der Waals surface area (Å²) in [4.78, 5) is 42.4. The first-order valence-electron chi connectivity index (χ1n) is 44.9. The van der Waals surface area contributed by atoms with Gasteiger partial charge in [0.05, 0.1) is 0 Å². The fraction of sp³-hybridized carbons (Fsp3) is 0.0244. The maximum Gasteiger partial charge on any atom is 0.165 e. The molecule has 614 valence electrons. The lowest BCUT2D eigenvalue weighted by Gasteiger charge is -2.21. The molecule has 0 atom stereocenters. The first-order chi connectivity index (χ1) is 65.1. The van der Waals surface area contributed by atoms with Crippen LogP contribution in [-0.4, -0.2) is 39.9 Å². The highest BCUT2D eigenvalue weighted by molar-refractivity contribution is 7.26. The van der Waals surface area contributed by atoms with Crippen LogP contribution in [0.1, 0.15) is 25.0 Å². The zero-order chi connectivity index (χ0) is 87.2. The summed E-state index contributed by atoms with van der Waals surface area (Å²) in [5, 5.41) is 21.1. The van der Waals surface area contributed by atoms with Crippen LogP contribution in [0.4, 0.5) is 0 Å². The highest BCUT2D eigenvalue weighted by Crippen LogP contribution is 2.52. The average Bonchev–Trinajstić information content (AvgIpc) is 1.51. The molecule has 0 saturated carbocycles. The maximum absolute atomic E-state index is 5.71. The van der Waals surface area contributed by atoms with E-state index in [0.29, 0.717) is 34.9 Å². The molecule has 0 amide bonds. The molecular weight excluding hydrogens is 1620 g/mol. The minimum Gasteiger partial charge on any atom is -0.264 e. The van der Waals surface area contributed by atoms with Crippen molar-refractivity contribution in [3.8, 4) is 157 Å². The largest absolute Gasteiger partial charge is 0.264 e. The van der Waals surface area contributed by atoms with Gasteiger partial charge >= 0.3 is 0 Å². The molecule has 0 radical (unpaired) electrons. The Hall–Kier alpha value is -17.0. The molecule has 0 saturated heterocycles. The number of benzene rings is 20. The van der Waals surface area contributed by atoms with Gasteiger partial charge in [0, 0.05) is 83.8 Å². The van der Waals surface area contributed by atoms with Crippen LogP contribution in [0.5, 0.6) is 0 Å². The fourth-order valence-electron chi connectivity index (χ4n) is 20.8. The highest BCUT2D eigenvalue weighted by Gasteiger charge is 2.36. The smallest absolute Gasteiger partial charge is 0.165 e. The number of aromatic nitrogens is 8. The van der Waals surface area contributed by atoms with Crippen molar-refractivity contribution in [2.24, 2.45) is 0 Å². The van der Waals surface area contributed by atoms with E-state index >= 15 is 0 Å². The van der Waals surface area contributed by atoms with Crippen LogP contribution in [0.2, 0.25) is 0 Å². The van der Waals surface area contributed by atoms with E-state index < -0.39 is 0 Å². The minimum absolute atomic E-state index is 0.179. The van der Waals surface area contributed by atoms with Crippen molar-refractivity contribution in [2.75, 3.05) is 0 Å². The van der Waals surface area contributed by atoms with Crippen molar-refractivity contribution >= 4 is 118 Å². The van der Waals surface area contributed by atoms with E-state index in [9.17, 15) is 0 Å². The van der Waals surface area contributed by atoms with Crippen LogP contribution in [0, 0.1) is 0 Å². The molecule has 1 aliphatic rings. The van der Waals surface area contributed by atoms with Gasteiger partial charge in [0.15, 0.2) is 34.9 Å². The summed E-state index contributed by atoms with van der Waals surface area (Å²) >= 11 is 1.78. The van der Waals surface area contributed by atoms with Crippen molar-refractivity contribution in [1.82, 2.24) is 39.9 Å². The summed E-state index contributed by atoms with van der Waals surface area (Å²) < 4.78 is 2.24. The van der Waals surface area contributed by atoms with Gasteiger partial charge in [-0.15, -0.1) is 11.3 Å². The molecule has 0 fully saturated rings. The van der Waals surface area contributed by atoms with Crippen LogP contribution >= 0.6 is 11.3 Å².